The molecule has 11 atom stereocenters. The number of carbonyl (C=O) groups excluding carboxylic acids is 10. The number of benzene rings is 5. The number of nitrogens with one attached hydrogen (secondary N) is 7. The quantitative estimate of drug-likeness (QED) is 0.00984. The van der Waals surface area contributed by atoms with Crippen molar-refractivity contribution in [2.45, 2.75) is 215 Å². The number of aliphatic hydroxyl groups is 2. The number of ketones is 2. The number of aliphatic hydroxyl groups excluding tert-OH is 2. The summed E-state index contributed by atoms with van der Waals surface area (Å²) in [5.74, 6) is -8.19. The third-order valence-electron chi connectivity index (χ3n) is 17.4. The smallest absolute Gasteiger partial charge is 0.408 e. The minimum absolute atomic E-state index is 0.00403. The highest BCUT2D eigenvalue weighted by molar-refractivity contribution is 6.61. The number of hydrogen-bond acceptors (Lipinski definition) is 22. The van der Waals surface area contributed by atoms with Crippen LogP contribution in [0.3, 0.4) is 0 Å². The Morgan fingerprint density at radius 1 is 0.362 bits per heavy atom. The molecule has 710 valence electrons. The second-order valence-corrected chi connectivity index (χ2v) is 31.4. The van der Waals surface area contributed by atoms with Gasteiger partial charge in [0.05, 0.1) is 24.6 Å². The summed E-state index contributed by atoms with van der Waals surface area (Å²) >= 11 is 34.6. The lowest BCUT2D eigenvalue weighted by molar-refractivity contribution is -0.141. The first kappa shape index (κ1) is 119. The maximum Gasteiger partial charge on any atom is 0.408 e. The standard InChI is InChI=1S/C18H22ClFN2O6.C18H26ClFN2O4.C18H24ClFN2O4.C13H16ClNO4.C8H6Cl2O2.C5H12FNO.C5H11NO2/c1-10(2)16(17(26)21-13(7-15(24)25)14(23)8-20)22-18(27)28-9-11-5-3-4-6-12(11)19;2*1-4-14(15(23)9-20)21-17(24)16(11(2)3)22-18(25)26-10-12-7-5-6-8-13(12)19;1-8(2)11(12(16)17)15-13(18)19-7-9-5-3-4-6-10(9)14;9-7-4-2-1-3-6(7)5-12-8(10)11;1-2-4(7)5(8)3-6;1-3(2)4(6)5(7)8/h3-6,10,13,16H,7-9H2,1-2H3,(H,21,26)(H,22,27)(H,24,25);5-8,11,14-16,23H,4,9-10H2,1-3H3,(H,21,24)(H,22,25);5-8,11,14,16H,4,9-10H2,1-3H3,(H,21,24)(H,22,25);3-6,8,11H,7H2,1-2H3,(H,15,18)(H,16,17);1-4H,5H2;4-5,8H,2-3,7H2,1H3;3-4H,6H2,1-2H3,(H,7,8)/t13?,16-;14?,15?,16-;14?,16-;11-;;;4-/m0000..0/s1. The molecule has 5 rings (SSSR count). The van der Waals surface area contributed by atoms with Crippen molar-refractivity contribution in [2.75, 3.05) is 26.7 Å². The Kier molecular flexibility index (Phi) is 62.4. The third-order valence-corrected chi connectivity index (χ3v) is 19.4. The first-order valence-corrected chi connectivity index (χ1v) is 41.9. The lowest BCUT2D eigenvalue weighted by atomic mass is 10.0. The Morgan fingerprint density at radius 3 is 0.850 bits per heavy atom. The van der Waals surface area contributed by atoms with Crippen LogP contribution in [0.2, 0.25) is 25.1 Å². The minimum Gasteiger partial charge on any atom is -0.481 e. The number of halogens is 10. The fourth-order valence-electron chi connectivity index (χ4n) is 9.64. The van der Waals surface area contributed by atoms with Crippen molar-refractivity contribution in [3.8, 4) is 0 Å². The van der Waals surface area contributed by atoms with Crippen molar-refractivity contribution in [3.05, 3.63) is 174 Å². The monoisotopic (exact) mass is 1920 g/mol. The third kappa shape index (κ3) is 51.0. The summed E-state index contributed by atoms with van der Waals surface area (Å²) in [6.45, 7) is 18.0. The molecule has 0 fully saturated rings. The van der Waals surface area contributed by atoms with Crippen LogP contribution in [0.4, 0.5) is 41.5 Å². The van der Waals surface area contributed by atoms with Gasteiger partial charge in [-0.15, -0.1) is 0 Å². The number of alkyl carbamates (subject to hydrolysis) is 4. The van der Waals surface area contributed by atoms with Gasteiger partial charge in [0.15, 0.2) is 11.6 Å². The zero-order chi connectivity index (χ0) is 97.3. The second kappa shape index (κ2) is 66.5. The average molecular weight is 1920 g/mol. The molecule has 0 aromatic heterocycles. The fraction of sp³-hybridized carbons (Fsp3) is 0.494. The van der Waals surface area contributed by atoms with Crippen molar-refractivity contribution >= 4 is 147 Å². The Bertz CT molecular complexity index is 4200. The van der Waals surface area contributed by atoms with E-state index >= 15 is 0 Å². The van der Waals surface area contributed by atoms with Gasteiger partial charge in [0.2, 0.25) is 17.7 Å². The highest BCUT2D eigenvalue weighted by atomic mass is 35.5. The lowest BCUT2D eigenvalue weighted by Gasteiger charge is -2.26. The van der Waals surface area contributed by atoms with Gasteiger partial charge in [-0.3, -0.25) is 33.6 Å². The molecule has 42 heteroatoms. The van der Waals surface area contributed by atoms with Crippen molar-refractivity contribution in [2.24, 2.45) is 41.1 Å². The van der Waals surface area contributed by atoms with Crippen LogP contribution < -0.4 is 48.7 Å². The summed E-state index contributed by atoms with van der Waals surface area (Å²) < 4.78 is 74.0. The number of hydrogen-bond donors (Lipinski definition) is 14. The molecule has 0 radical (unpaired) electrons. The fourth-order valence-corrected chi connectivity index (χ4v) is 10.6. The molecule has 0 bridgehead atoms. The van der Waals surface area contributed by atoms with Gasteiger partial charge in [0.1, 0.15) is 102 Å². The van der Waals surface area contributed by atoms with Crippen LogP contribution >= 0.6 is 69.6 Å². The number of Topliss-reactive ketones (excluding diaryl/α,β-unsaturated/α-hetero) is 2. The molecule has 0 heterocycles. The summed E-state index contributed by atoms with van der Waals surface area (Å²) in [5, 5.41) is 63.4. The topological polar surface area (TPSA) is 505 Å². The first-order chi connectivity index (χ1) is 59.6. The summed E-state index contributed by atoms with van der Waals surface area (Å²) in [6.07, 6.45) is -5.03. The summed E-state index contributed by atoms with van der Waals surface area (Å²) in [6, 6.07) is 26.5. The molecule has 0 aliphatic heterocycles. The van der Waals surface area contributed by atoms with E-state index in [2.05, 4.69) is 42.0 Å². The molecule has 5 aromatic carbocycles. The van der Waals surface area contributed by atoms with E-state index in [1.165, 1.54) is 0 Å². The molecule has 32 nitrogen and oxygen atoms in total. The molecule has 0 aliphatic rings. The normalized spacial score (nSPS) is 13.1. The van der Waals surface area contributed by atoms with E-state index in [9.17, 15) is 85.0 Å². The van der Waals surface area contributed by atoms with Gasteiger partial charge in [-0.05, 0) is 79.2 Å². The molecule has 0 saturated carbocycles. The van der Waals surface area contributed by atoms with Gasteiger partial charge >= 0.3 is 47.7 Å². The van der Waals surface area contributed by atoms with E-state index in [0.717, 1.165) is 5.56 Å². The summed E-state index contributed by atoms with van der Waals surface area (Å²) in [4.78, 5) is 150. The molecule has 7 amide bonds. The average Bonchev–Trinajstić information content (AvgIpc) is 0.879. The zero-order valence-electron chi connectivity index (χ0n) is 72.5. The van der Waals surface area contributed by atoms with E-state index in [-0.39, 0.29) is 63.1 Å². The molecule has 127 heavy (non-hydrogen) atoms. The number of rotatable bonds is 40. The van der Waals surface area contributed by atoms with Crippen LogP contribution in [0.5, 0.6) is 0 Å². The van der Waals surface area contributed by atoms with E-state index in [0.29, 0.717) is 60.2 Å². The van der Waals surface area contributed by atoms with E-state index in [4.69, 9.17) is 120 Å². The molecule has 0 saturated heterocycles. The first-order valence-electron chi connectivity index (χ1n) is 39.6. The van der Waals surface area contributed by atoms with Gasteiger partial charge in [-0.2, -0.15) is 0 Å². The van der Waals surface area contributed by atoms with Crippen molar-refractivity contribution in [1.82, 2.24) is 37.2 Å². The predicted octanol–water partition coefficient (Wildman–Crippen LogP) is 13.9. The molecule has 0 spiro atoms. The van der Waals surface area contributed by atoms with E-state index < -0.39 is 183 Å². The minimum atomic E-state index is -1.53. The molecule has 0 aliphatic carbocycles. The number of amides is 7. The van der Waals surface area contributed by atoms with Crippen LogP contribution in [-0.2, 0) is 95.1 Å². The number of carboxylic acid groups (broad SMARTS) is 3. The molecule has 5 aromatic rings. The maximum absolute atomic E-state index is 12.6. The van der Waals surface area contributed by atoms with Gasteiger partial charge in [0, 0.05) is 70.6 Å². The molecular formula is C85H117Cl6F4N9O23. The van der Waals surface area contributed by atoms with Crippen LogP contribution in [0.15, 0.2) is 121 Å². The number of alkyl halides is 4. The predicted molar refractivity (Wildman–Crippen MR) is 472 cm³/mol. The van der Waals surface area contributed by atoms with Crippen molar-refractivity contribution < 1.29 is 129 Å². The van der Waals surface area contributed by atoms with Gasteiger partial charge in [0.25, 0.3) is 0 Å². The molecule has 16 N–H and O–H groups in total. The van der Waals surface area contributed by atoms with Crippen LogP contribution in [0.25, 0.3) is 0 Å². The van der Waals surface area contributed by atoms with Crippen molar-refractivity contribution in [1.29, 1.82) is 0 Å². The van der Waals surface area contributed by atoms with E-state index in [1.54, 1.807) is 198 Å². The van der Waals surface area contributed by atoms with Crippen molar-refractivity contribution in [3.63, 3.8) is 0 Å². The largest absolute Gasteiger partial charge is 0.481 e. The summed E-state index contributed by atoms with van der Waals surface area (Å²) in [7, 11) is 0. The Morgan fingerprint density at radius 2 is 0.638 bits per heavy atom. The van der Waals surface area contributed by atoms with Gasteiger partial charge in [-0.25, -0.2) is 46.3 Å². The zero-order valence-corrected chi connectivity index (χ0v) is 77.0. The number of carbonyl (C=O) groups is 13. The Labute approximate surface area is 765 Å². The lowest BCUT2D eigenvalue weighted by Crippen LogP contribution is -2.54. The van der Waals surface area contributed by atoms with Gasteiger partial charge in [-0.1, -0.05) is 239 Å². The van der Waals surface area contributed by atoms with Gasteiger partial charge < -0.3 is 97.9 Å². The number of ether oxygens (including phenoxy) is 5. The molecular weight excluding hydrogens is 1800 g/mol. The van der Waals surface area contributed by atoms with Crippen LogP contribution in [0.1, 0.15) is 144 Å². The van der Waals surface area contributed by atoms with E-state index in [1.807, 2.05) is 13.0 Å². The molecule has 6 unspecified atom stereocenters. The van der Waals surface area contributed by atoms with Crippen LogP contribution in [0, 0.1) is 29.6 Å². The maximum atomic E-state index is 12.6. The highest BCUT2D eigenvalue weighted by Gasteiger charge is 2.33. The number of nitrogens with two attached hydrogens (primary N) is 2. The number of carboxylic acids is 3. The Hall–Kier alpha value is -9.89. The number of aliphatic carboxylic acids is 3. The second-order valence-electron chi connectivity index (χ2n) is 29.1. The van der Waals surface area contributed by atoms with Crippen LogP contribution in [-0.4, -0.2) is 196 Å². The highest BCUT2D eigenvalue weighted by Crippen LogP contribution is 2.22. The summed E-state index contributed by atoms with van der Waals surface area (Å²) in [5.41, 5.74) is 12.8. The Balaban J connectivity index is 0. The SMILES string of the molecule is CC(C)[C@H](N)C(=O)O.CC(C)[C@H](NC(=O)OCc1ccccc1Cl)C(=O)NC(CC(=O)O)C(=O)CF.CC(C)[C@H](NC(=O)OCc1ccccc1Cl)C(=O)O.CCC(N)C(O)CF.CCC(NC(=O)[C@@H](NC(=O)OCc1ccccc1Cl)C(C)C)C(=O)CF.CCC(NC(=O)[C@@H](NC(=O)OCc1ccccc1Cl)C(C)C)C(O)CF.O=C(Cl)OCc1ccccc1Cl.